The van der Waals surface area contributed by atoms with Crippen LogP contribution in [0.1, 0.15) is 18.4 Å². The molecule has 27 heavy (non-hydrogen) atoms. The van der Waals surface area contributed by atoms with Gasteiger partial charge in [-0.3, -0.25) is 9.59 Å². The first kappa shape index (κ1) is 19.6. The molecule has 1 aromatic heterocycles. The Labute approximate surface area is 167 Å². The van der Waals surface area contributed by atoms with Gasteiger partial charge in [-0.25, -0.2) is 4.68 Å². The number of aryl methyl sites for hydroxylation is 1. The van der Waals surface area contributed by atoms with E-state index in [-0.39, 0.29) is 18.4 Å². The van der Waals surface area contributed by atoms with Gasteiger partial charge in [0.1, 0.15) is 12.9 Å². The van der Waals surface area contributed by atoms with Crippen LogP contribution in [0.2, 0.25) is 10.0 Å². The lowest BCUT2D eigenvalue weighted by Gasteiger charge is -2.34. The minimum absolute atomic E-state index is 0.0472. The molecule has 0 saturated carbocycles. The fourth-order valence-corrected chi connectivity index (χ4v) is 3.31. The molecule has 0 atom stereocenters. The Bertz CT molecular complexity index is 791. The summed E-state index contributed by atoms with van der Waals surface area (Å²) in [4.78, 5) is 28.1. The molecular weight excluding hydrogens is 391 g/mol. The fourth-order valence-electron chi connectivity index (χ4n) is 2.99. The number of carbonyl (C=O) groups excluding carboxylic acids is 2. The third-order valence-electron chi connectivity index (χ3n) is 4.51. The van der Waals surface area contributed by atoms with Crippen molar-refractivity contribution in [1.82, 2.24) is 30.0 Å². The minimum Gasteiger partial charge on any atom is -0.339 e. The lowest BCUT2D eigenvalue weighted by molar-refractivity contribution is -0.140. The topological polar surface area (TPSA) is 84.2 Å². The number of amides is 2. The molecule has 0 unspecified atom stereocenters. The third-order valence-corrected chi connectivity index (χ3v) is 5.25. The van der Waals surface area contributed by atoms with E-state index < -0.39 is 0 Å². The molecule has 1 aromatic carbocycles. The Morgan fingerprint density at radius 2 is 1.70 bits per heavy atom. The molecule has 3 rings (SSSR count). The molecule has 1 aliphatic heterocycles. The molecule has 8 nitrogen and oxygen atoms in total. The van der Waals surface area contributed by atoms with Crippen LogP contribution in [-0.2, 0) is 22.6 Å². The number of hydrogen-bond donors (Lipinski definition) is 0. The van der Waals surface area contributed by atoms with E-state index in [2.05, 4.69) is 15.5 Å². The summed E-state index contributed by atoms with van der Waals surface area (Å²) in [7, 11) is 0. The van der Waals surface area contributed by atoms with Gasteiger partial charge in [0.15, 0.2) is 0 Å². The number of halogens is 2. The highest BCUT2D eigenvalue weighted by Gasteiger charge is 2.24. The van der Waals surface area contributed by atoms with Crippen molar-refractivity contribution in [2.45, 2.75) is 25.8 Å². The SMILES string of the molecule is O=C(CCCc1ccc(Cl)c(Cl)c1)N1CCN(C(=O)Cn2cnnn2)CC1. The predicted octanol–water partition coefficient (Wildman–Crippen LogP) is 1.67. The highest BCUT2D eigenvalue weighted by molar-refractivity contribution is 6.42. The normalized spacial score (nSPS) is 14.4. The second-order valence-corrected chi connectivity index (χ2v) is 7.19. The van der Waals surface area contributed by atoms with Crippen LogP contribution in [0.5, 0.6) is 0 Å². The Morgan fingerprint density at radius 1 is 1.00 bits per heavy atom. The summed E-state index contributed by atoms with van der Waals surface area (Å²) >= 11 is 11.9. The van der Waals surface area contributed by atoms with Gasteiger partial charge in [-0.1, -0.05) is 29.3 Å². The molecule has 2 aromatic rings. The van der Waals surface area contributed by atoms with Crippen molar-refractivity contribution in [3.05, 3.63) is 40.1 Å². The van der Waals surface area contributed by atoms with Gasteiger partial charge in [-0.2, -0.15) is 0 Å². The van der Waals surface area contributed by atoms with Gasteiger partial charge in [-0.05, 0) is 41.0 Å². The summed E-state index contributed by atoms with van der Waals surface area (Å²) in [6.45, 7) is 2.27. The zero-order chi connectivity index (χ0) is 19.2. The molecule has 2 amide bonds. The van der Waals surface area contributed by atoms with Crippen molar-refractivity contribution in [2.75, 3.05) is 26.2 Å². The average Bonchev–Trinajstić information content (AvgIpc) is 3.17. The van der Waals surface area contributed by atoms with E-state index in [1.165, 1.54) is 11.0 Å². The Hall–Kier alpha value is -2.19. The standard InChI is InChI=1S/C17H20Cl2N6O2/c18-14-5-4-13(10-15(14)19)2-1-3-16(26)23-6-8-24(9-7-23)17(27)11-25-12-20-21-22-25/h4-5,10,12H,1-3,6-9,11H2. The van der Waals surface area contributed by atoms with E-state index in [0.717, 1.165) is 18.4 Å². The molecule has 0 radical (unpaired) electrons. The minimum atomic E-state index is -0.0472. The molecule has 0 bridgehead atoms. The quantitative estimate of drug-likeness (QED) is 0.722. The molecular formula is C17H20Cl2N6O2. The maximum atomic E-state index is 12.4. The van der Waals surface area contributed by atoms with Crippen molar-refractivity contribution >= 4 is 35.0 Å². The number of aromatic nitrogens is 4. The van der Waals surface area contributed by atoms with E-state index in [9.17, 15) is 9.59 Å². The monoisotopic (exact) mass is 410 g/mol. The lowest BCUT2D eigenvalue weighted by atomic mass is 10.1. The summed E-state index contributed by atoms with van der Waals surface area (Å²) in [5.41, 5.74) is 1.07. The fraction of sp³-hybridized carbons (Fsp3) is 0.471. The van der Waals surface area contributed by atoms with E-state index >= 15 is 0 Å². The predicted molar refractivity (Wildman–Crippen MR) is 100 cm³/mol. The molecule has 0 spiro atoms. The van der Waals surface area contributed by atoms with E-state index in [1.54, 1.807) is 11.0 Å². The number of tetrazole rings is 1. The second-order valence-electron chi connectivity index (χ2n) is 6.37. The van der Waals surface area contributed by atoms with Crippen molar-refractivity contribution in [2.24, 2.45) is 0 Å². The van der Waals surface area contributed by atoms with Crippen LogP contribution in [0.25, 0.3) is 0 Å². The maximum absolute atomic E-state index is 12.4. The van der Waals surface area contributed by atoms with E-state index in [0.29, 0.717) is 42.6 Å². The summed E-state index contributed by atoms with van der Waals surface area (Å²) < 4.78 is 1.39. The van der Waals surface area contributed by atoms with Crippen molar-refractivity contribution in [1.29, 1.82) is 0 Å². The number of nitrogens with zero attached hydrogens (tertiary/aromatic N) is 6. The van der Waals surface area contributed by atoms with Gasteiger partial charge >= 0.3 is 0 Å². The molecule has 144 valence electrons. The number of piperazine rings is 1. The van der Waals surface area contributed by atoms with Crippen LogP contribution in [0.15, 0.2) is 24.5 Å². The van der Waals surface area contributed by atoms with Gasteiger partial charge < -0.3 is 9.80 Å². The highest BCUT2D eigenvalue weighted by Crippen LogP contribution is 2.23. The smallest absolute Gasteiger partial charge is 0.244 e. The largest absolute Gasteiger partial charge is 0.339 e. The summed E-state index contributed by atoms with van der Waals surface area (Å²) in [6.07, 6.45) is 3.40. The van der Waals surface area contributed by atoms with E-state index in [4.69, 9.17) is 23.2 Å². The lowest BCUT2D eigenvalue weighted by Crippen LogP contribution is -2.51. The van der Waals surface area contributed by atoms with Gasteiger partial charge in [0.25, 0.3) is 0 Å². The van der Waals surface area contributed by atoms with Gasteiger partial charge in [0.2, 0.25) is 11.8 Å². The Morgan fingerprint density at radius 3 is 2.33 bits per heavy atom. The number of hydrogen-bond acceptors (Lipinski definition) is 5. The van der Waals surface area contributed by atoms with Crippen LogP contribution >= 0.6 is 23.2 Å². The molecule has 2 heterocycles. The number of benzene rings is 1. The van der Waals surface area contributed by atoms with Crippen LogP contribution in [0.4, 0.5) is 0 Å². The molecule has 1 saturated heterocycles. The molecule has 10 heteroatoms. The average molecular weight is 411 g/mol. The van der Waals surface area contributed by atoms with Crippen molar-refractivity contribution in [3.8, 4) is 0 Å². The van der Waals surface area contributed by atoms with E-state index in [1.807, 2.05) is 17.0 Å². The zero-order valence-corrected chi connectivity index (χ0v) is 16.2. The Kier molecular flexibility index (Phi) is 6.63. The van der Waals surface area contributed by atoms with Gasteiger partial charge in [0, 0.05) is 32.6 Å². The molecule has 0 aliphatic carbocycles. The zero-order valence-electron chi connectivity index (χ0n) is 14.7. The highest BCUT2D eigenvalue weighted by atomic mass is 35.5. The second kappa shape index (κ2) is 9.14. The molecule has 0 N–H and O–H groups in total. The van der Waals surface area contributed by atoms with Crippen LogP contribution in [0, 0.1) is 0 Å². The van der Waals surface area contributed by atoms with Crippen molar-refractivity contribution in [3.63, 3.8) is 0 Å². The first-order valence-corrected chi connectivity index (χ1v) is 9.49. The number of carbonyl (C=O) groups is 2. The third kappa shape index (κ3) is 5.40. The Balaban J connectivity index is 1.39. The van der Waals surface area contributed by atoms with Gasteiger partial charge in [0.05, 0.1) is 10.0 Å². The summed E-state index contributed by atoms with van der Waals surface area (Å²) in [6, 6.07) is 5.53. The molecule has 1 aliphatic rings. The van der Waals surface area contributed by atoms with Crippen LogP contribution < -0.4 is 0 Å². The summed E-state index contributed by atoms with van der Waals surface area (Å²) in [5.74, 6) is 0.0663. The first-order chi connectivity index (χ1) is 13.0. The van der Waals surface area contributed by atoms with Crippen LogP contribution in [-0.4, -0.2) is 68.0 Å². The molecule has 1 fully saturated rings. The summed E-state index contributed by atoms with van der Waals surface area (Å²) in [5, 5.41) is 11.8. The first-order valence-electron chi connectivity index (χ1n) is 8.73. The van der Waals surface area contributed by atoms with Crippen LogP contribution in [0.3, 0.4) is 0 Å². The van der Waals surface area contributed by atoms with Gasteiger partial charge in [-0.15, -0.1) is 5.10 Å². The number of rotatable bonds is 6. The van der Waals surface area contributed by atoms with Crippen molar-refractivity contribution < 1.29 is 9.59 Å². The maximum Gasteiger partial charge on any atom is 0.244 e.